The Kier molecular flexibility index (Phi) is 7.26. The van der Waals surface area contributed by atoms with Gasteiger partial charge in [0.2, 0.25) is 15.9 Å². The topological polar surface area (TPSA) is 92.8 Å². The van der Waals surface area contributed by atoms with Crippen LogP contribution in [0.2, 0.25) is 5.02 Å². The molecule has 0 radical (unpaired) electrons. The first-order valence-corrected chi connectivity index (χ1v) is 11.1. The van der Waals surface area contributed by atoms with Gasteiger partial charge >= 0.3 is 5.97 Å². The molecule has 2 aromatic carbocycles. The number of aryl methyl sites for hydroxylation is 1. The lowest BCUT2D eigenvalue weighted by molar-refractivity contribution is -0.117. The lowest BCUT2D eigenvalue weighted by Gasteiger charge is -2.30. The maximum atomic E-state index is 13.0. The van der Waals surface area contributed by atoms with Crippen LogP contribution in [0.4, 0.5) is 11.4 Å². The van der Waals surface area contributed by atoms with Crippen molar-refractivity contribution in [3.8, 4) is 0 Å². The molecule has 0 fully saturated rings. The minimum absolute atomic E-state index is 0.223. The molecule has 1 N–H and O–H groups in total. The van der Waals surface area contributed by atoms with Crippen LogP contribution < -0.4 is 9.62 Å². The van der Waals surface area contributed by atoms with E-state index in [0.717, 1.165) is 16.1 Å². The van der Waals surface area contributed by atoms with E-state index in [-0.39, 0.29) is 12.0 Å². The normalized spacial score (nSPS) is 12.2. The van der Waals surface area contributed by atoms with Crippen molar-refractivity contribution in [3.63, 3.8) is 0 Å². The second kappa shape index (κ2) is 9.28. The minimum Gasteiger partial charge on any atom is -0.465 e. The number of halogens is 1. The number of carbonyl (C=O) groups is 2. The fourth-order valence-electron chi connectivity index (χ4n) is 2.89. The Hall–Kier alpha value is -2.58. The van der Waals surface area contributed by atoms with Gasteiger partial charge < -0.3 is 10.1 Å². The Bertz CT molecular complexity index is 1020. The number of amides is 1. The zero-order valence-electron chi connectivity index (χ0n) is 16.6. The summed E-state index contributed by atoms with van der Waals surface area (Å²) in [6.07, 6.45) is 1.26. The van der Waals surface area contributed by atoms with Gasteiger partial charge in [0, 0.05) is 10.7 Å². The van der Waals surface area contributed by atoms with Crippen LogP contribution in [0.15, 0.2) is 42.5 Å². The third-order valence-corrected chi connectivity index (χ3v) is 5.72. The van der Waals surface area contributed by atoms with Gasteiger partial charge in [-0.05, 0) is 49.2 Å². The number of methoxy groups -OCH3 is 1. The minimum atomic E-state index is -3.78. The summed E-state index contributed by atoms with van der Waals surface area (Å²) in [6, 6.07) is 10.0. The van der Waals surface area contributed by atoms with Crippen molar-refractivity contribution in [1.29, 1.82) is 0 Å². The molecule has 0 spiro atoms. The van der Waals surface area contributed by atoms with Crippen molar-refractivity contribution in [2.75, 3.05) is 23.0 Å². The number of hydrogen-bond donors (Lipinski definition) is 1. The summed E-state index contributed by atoms with van der Waals surface area (Å²) in [5.74, 6) is -1.06. The number of sulfonamides is 1. The molecule has 0 aromatic heterocycles. The highest BCUT2D eigenvalue weighted by Gasteiger charge is 2.32. The molecule has 156 valence electrons. The van der Waals surface area contributed by atoms with Crippen molar-refractivity contribution in [2.24, 2.45) is 0 Å². The van der Waals surface area contributed by atoms with Crippen molar-refractivity contribution >= 4 is 44.9 Å². The summed E-state index contributed by atoms with van der Waals surface area (Å²) in [7, 11) is -2.51. The van der Waals surface area contributed by atoms with Crippen LogP contribution in [-0.4, -0.2) is 39.7 Å². The molecule has 2 aromatic rings. The number of rotatable bonds is 7. The molecule has 0 saturated carbocycles. The molecule has 9 heteroatoms. The number of hydrogen-bond acceptors (Lipinski definition) is 5. The summed E-state index contributed by atoms with van der Waals surface area (Å²) in [5.41, 5.74) is 1.68. The second-order valence-corrected chi connectivity index (χ2v) is 8.77. The van der Waals surface area contributed by atoms with Crippen LogP contribution in [0.3, 0.4) is 0 Å². The third-order valence-electron chi connectivity index (χ3n) is 4.31. The average Bonchev–Trinajstić information content (AvgIpc) is 2.65. The molecule has 0 saturated heterocycles. The Balaban J connectivity index is 2.42. The predicted octanol–water partition coefficient (Wildman–Crippen LogP) is 3.62. The number of anilines is 2. The maximum absolute atomic E-state index is 13.0. The van der Waals surface area contributed by atoms with Gasteiger partial charge in [-0.1, -0.05) is 30.7 Å². The highest BCUT2D eigenvalue weighted by Crippen LogP contribution is 2.26. The molecule has 1 amide bonds. The van der Waals surface area contributed by atoms with E-state index in [2.05, 4.69) is 5.32 Å². The van der Waals surface area contributed by atoms with Gasteiger partial charge in [0.25, 0.3) is 0 Å². The third kappa shape index (κ3) is 5.48. The molecule has 29 heavy (non-hydrogen) atoms. The van der Waals surface area contributed by atoms with Gasteiger partial charge in [0.05, 0.1) is 24.6 Å². The Morgan fingerprint density at radius 1 is 1.21 bits per heavy atom. The van der Waals surface area contributed by atoms with E-state index in [1.165, 1.54) is 19.2 Å². The lowest BCUT2D eigenvalue weighted by atomic mass is 10.1. The first-order chi connectivity index (χ1) is 13.6. The van der Waals surface area contributed by atoms with E-state index in [1.807, 2.05) is 0 Å². The van der Waals surface area contributed by atoms with E-state index in [9.17, 15) is 18.0 Å². The van der Waals surface area contributed by atoms with E-state index in [1.54, 1.807) is 44.2 Å². The number of nitrogens with one attached hydrogen (secondary N) is 1. The summed E-state index contributed by atoms with van der Waals surface area (Å²) < 4.78 is 30.7. The van der Waals surface area contributed by atoms with E-state index in [4.69, 9.17) is 16.3 Å². The molecule has 0 aliphatic heterocycles. The van der Waals surface area contributed by atoms with Crippen molar-refractivity contribution in [1.82, 2.24) is 0 Å². The Labute approximate surface area is 175 Å². The fraction of sp³-hybridized carbons (Fsp3) is 0.300. The molecule has 0 heterocycles. The molecule has 0 aliphatic rings. The fourth-order valence-corrected chi connectivity index (χ4v) is 4.28. The van der Waals surface area contributed by atoms with Crippen molar-refractivity contribution in [3.05, 3.63) is 58.6 Å². The lowest BCUT2D eigenvalue weighted by Crippen LogP contribution is -2.47. The van der Waals surface area contributed by atoms with Crippen molar-refractivity contribution in [2.45, 2.75) is 26.3 Å². The predicted molar refractivity (Wildman–Crippen MR) is 114 cm³/mol. The van der Waals surface area contributed by atoms with Gasteiger partial charge in [-0.15, -0.1) is 0 Å². The summed E-state index contributed by atoms with van der Waals surface area (Å²) in [6.45, 7) is 3.48. The van der Waals surface area contributed by atoms with Crippen LogP contribution >= 0.6 is 11.6 Å². The van der Waals surface area contributed by atoms with Crippen LogP contribution in [0.1, 0.15) is 29.3 Å². The smallest absolute Gasteiger partial charge is 0.337 e. The number of esters is 1. The molecule has 0 unspecified atom stereocenters. The number of ether oxygens (including phenoxy) is 1. The molecule has 7 nitrogen and oxygen atoms in total. The Morgan fingerprint density at radius 3 is 2.45 bits per heavy atom. The molecular weight excluding hydrogens is 416 g/mol. The first kappa shape index (κ1) is 22.7. The monoisotopic (exact) mass is 438 g/mol. The summed E-state index contributed by atoms with van der Waals surface area (Å²) in [5, 5.41) is 3.09. The van der Waals surface area contributed by atoms with Crippen molar-refractivity contribution < 1.29 is 22.7 Å². The molecule has 2 rings (SSSR count). The van der Waals surface area contributed by atoms with Gasteiger partial charge in [-0.3, -0.25) is 9.10 Å². The number of carbonyl (C=O) groups excluding carboxylic acids is 2. The van der Waals surface area contributed by atoms with Gasteiger partial charge in [-0.25, -0.2) is 13.2 Å². The number of benzene rings is 2. The first-order valence-electron chi connectivity index (χ1n) is 8.83. The van der Waals surface area contributed by atoms with Crippen LogP contribution in [0, 0.1) is 6.92 Å². The zero-order chi connectivity index (χ0) is 21.8. The van der Waals surface area contributed by atoms with E-state index >= 15 is 0 Å². The molecule has 0 bridgehead atoms. The highest BCUT2D eigenvalue weighted by molar-refractivity contribution is 7.92. The molecule has 1 atom stereocenters. The zero-order valence-corrected chi connectivity index (χ0v) is 18.2. The molecular formula is C20H23ClN2O5S. The average molecular weight is 439 g/mol. The number of nitrogens with zero attached hydrogens (tertiary/aromatic N) is 1. The summed E-state index contributed by atoms with van der Waals surface area (Å²) in [4.78, 5) is 24.8. The maximum Gasteiger partial charge on any atom is 0.337 e. The van der Waals surface area contributed by atoms with Gasteiger partial charge in [0.1, 0.15) is 6.04 Å². The summed E-state index contributed by atoms with van der Waals surface area (Å²) >= 11 is 6.01. The largest absolute Gasteiger partial charge is 0.465 e. The van der Waals surface area contributed by atoms with E-state index in [0.29, 0.717) is 16.4 Å². The standard InChI is InChI=1S/C20H23ClN2O5S/c1-5-18(23(29(4,26)27)16-8-6-7-15(21)12-16)19(24)22-17-11-14(20(25)28-3)10-9-13(17)2/h6-12,18H,5H2,1-4H3,(H,22,24)/t18-/m1/s1. The SMILES string of the molecule is CC[C@H](C(=O)Nc1cc(C(=O)OC)ccc1C)N(c1cccc(Cl)c1)S(C)(=O)=O. The second-order valence-electron chi connectivity index (χ2n) is 6.47. The quantitative estimate of drug-likeness (QED) is 0.666. The van der Waals surface area contributed by atoms with Crippen LogP contribution in [0.25, 0.3) is 0 Å². The van der Waals surface area contributed by atoms with Gasteiger partial charge in [-0.2, -0.15) is 0 Å². The van der Waals surface area contributed by atoms with Gasteiger partial charge in [0.15, 0.2) is 0 Å². The highest BCUT2D eigenvalue weighted by atomic mass is 35.5. The van der Waals surface area contributed by atoms with Crippen LogP contribution in [-0.2, 0) is 19.6 Å². The van der Waals surface area contributed by atoms with Crippen LogP contribution in [0.5, 0.6) is 0 Å². The molecule has 0 aliphatic carbocycles. The Morgan fingerprint density at radius 2 is 1.90 bits per heavy atom. The van der Waals surface area contributed by atoms with E-state index < -0.39 is 27.9 Å².